The number of nitrogens with two attached hydrogens (primary N) is 1. The van der Waals surface area contributed by atoms with Crippen LogP contribution in [0.2, 0.25) is 10.0 Å². The molecule has 3 aromatic rings. The molecule has 2 bridgehead atoms. The largest absolute Gasteiger partial charge is 0.472 e. The lowest BCUT2D eigenvalue weighted by molar-refractivity contribution is 0.0515. The van der Waals surface area contributed by atoms with Gasteiger partial charge in [0.25, 0.3) is 5.91 Å². The summed E-state index contributed by atoms with van der Waals surface area (Å²) in [7, 11) is 2.90. The molecular formula is C33H31Cl2FN4O5. The van der Waals surface area contributed by atoms with Crippen LogP contribution in [0.3, 0.4) is 0 Å². The Morgan fingerprint density at radius 3 is 2.44 bits per heavy atom. The predicted molar refractivity (Wildman–Crippen MR) is 172 cm³/mol. The fourth-order valence-corrected chi connectivity index (χ4v) is 7.00. The van der Waals surface area contributed by atoms with Crippen LogP contribution in [-0.2, 0) is 16.0 Å². The SMILES string of the molecule is CN=CC(=CN)c1cc(Cl)c(C(=O)N2COc3c(cccc3-c3cc(N4C5CCC4COC5)c(C(=O)OC)cc3F)C2)c(Cl)c1. The van der Waals surface area contributed by atoms with E-state index in [0.717, 1.165) is 12.8 Å². The second-order valence-corrected chi connectivity index (χ2v) is 11.9. The number of hydrogen-bond donors (Lipinski definition) is 1. The molecule has 0 aromatic heterocycles. The standard InChI is InChI=1S/C33H31Cl2FN4O5/c1-38-13-20(12-37)19-8-26(34)30(27(35)9-19)32(41)39-14-18-4-3-5-23(31(18)45-17-39)24-11-29(25(10-28(24)36)33(42)43-2)40-21-6-7-22(40)16-44-15-21/h3-5,8-13,21-22H,6-7,14-17,37H2,1-2H3. The molecule has 2 unspecified atom stereocenters. The van der Waals surface area contributed by atoms with E-state index >= 15 is 4.39 Å². The quantitative estimate of drug-likeness (QED) is 0.259. The minimum atomic E-state index is -0.610. The van der Waals surface area contributed by atoms with Crippen molar-refractivity contribution in [1.82, 2.24) is 4.90 Å². The number of methoxy groups -OCH3 is 1. The maximum atomic E-state index is 15.8. The van der Waals surface area contributed by atoms with E-state index in [1.54, 1.807) is 43.6 Å². The number of benzene rings is 3. The second kappa shape index (κ2) is 12.7. The van der Waals surface area contributed by atoms with Crippen molar-refractivity contribution in [3.05, 3.63) is 86.8 Å². The molecule has 3 aliphatic heterocycles. The first-order chi connectivity index (χ1) is 21.7. The Morgan fingerprint density at radius 2 is 1.80 bits per heavy atom. The molecule has 0 aliphatic carbocycles. The molecule has 0 radical (unpaired) electrons. The molecule has 3 heterocycles. The Balaban J connectivity index is 1.33. The number of rotatable bonds is 6. The number of carbonyl (C=O) groups excluding carboxylic acids is 2. The highest BCUT2D eigenvalue weighted by molar-refractivity contribution is 6.40. The summed E-state index contributed by atoms with van der Waals surface area (Å²) in [5, 5.41) is 0.312. The average Bonchev–Trinajstić information content (AvgIpc) is 3.28. The van der Waals surface area contributed by atoms with Gasteiger partial charge in [-0.25, -0.2) is 9.18 Å². The van der Waals surface area contributed by atoms with Gasteiger partial charge in [-0.05, 0) is 42.7 Å². The first-order valence-electron chi connectivity index (χ1n) is 14.4. The monoisotopic (exact) mass is 652 g/mol. The summed E-state index contributed by atoms with van der Waals surface area (Å²) in [6, 6.07) is 11.7. The summed E-state index contributed by atoms with van der Waals surface area (Å²) < 4.78 is 32.7. The zero-order chi connectivity index (χ0) is 31.8. The van der Waals surface area contributed by atoms with Crippen molar-refractivity contribution in [3.8, 4) is 16.9 Å². The Hall–Kier alpha value is -4.12. The Labute approximate surface area is 270 Å². The molecule has 12 heteroatoms. The number of anilines is 1. The number of esters is 1. The van der Waals surface area contributed by atoms with E-state index in [-0.39, 0.29) is 52.1 Å². The number of amides is 1. The number of allylic oxidation sites excluding steroid dienone is 1. The molecule has 6 rings (SSSR count). The molecule has 3 aromatic carbocycles. The molecule has 9 nitrogen and oxygen atoms in total. The molecular weight excluding hydrogens is 622 g/mol. The van der Waals surface area contributed by atoms with Crippen LogP contribution in [-0.4, -0.2) is 69.2 Å². The van der Waals surface area contributed by atoms with E-state index in [4.69, 9.17) is 43.1 Å². The van der Waals surface area contributed by atoms with Gasteiger partial charge < -0.3 is 29.7 Å². The van der Waals surface area contributed by atoms with E-state index in [2.05, 4.69) is 9.89 Å². The molecule has 0 spiro atoms. The molecule has 234 valence electrons. The lowest BCUT2D eigenvalue weighted by Crippen LogP contribution is -2.46. The average molecular weight is 654 g/mol. The topological polar surface area (TPSA) is 107 Å². The molecule has 45 heavy (non-hydrogen) atoms. The van der Waals surface area contributed by atoms with Crippen LogP contribution < -0.4 is 15.4 Å². The van der Waals surface area contributed by atoms with Crippen LogP contribution in [0.5, 0.6) is 5.75 Å². The number of carbonyl (C=O) groups is 2. The third-order valence-corrected chi connectivity index (χ3v) is 9.04. The third kappa shape index (κ3) is 5.62. The van der Waals surface area contributed by atoms with Crippen LogP contribution in [0.1, 0.15) is 44.7 Å². The van der Waals surface area contributed by atoms with Crippen molar-refractivity contribution in [2.45, 2.75) is 31.5 Å². The lowest BCUT2D eigenvalue weighted by atomic mass is 9.96. The summed E-state index contributed by atoms with van der Waals surface area (Å²) >= 11 is 13.1. The number of ether oxygens (including phenoxy) is 3. The van der Waals surface area contributed by atoms with Gasteiger partial charge in [0.1, 0.15) is 11.6 Å². The lowest BCUT2D eigenvalue weighted by Gasteiger charge is -2.37. The van der Waals surface area contributed by atoms with Crippen molar-refractivity contribution >= 4 is 52.6 Å². The Kier molecular flexibility index (Phi) is 8.72. The normalized spacial score (nSPS) is 19.4. The number of nitrogens with zero attached hydrogens (tertiary/aromatic N) is 3. The van der Waals surface area contributed by atoms with E-state index < -0.39 is 17.7 Å². The highest BCUT2D eigenvalue weighted by atomic mass is 35.5. The molecule has 1 amide bonds. The fourth-order valence-electron chi connectivity index (χ4n) is 6.35. The van der Waals surface area contributed by atoms with Gasteiger partial charge in [0, 0.05) is 41.7 Å². The van der Waals surface area contributed by atoms with Crippen LogP contribution in [0.15, 0.2) is 53.7 Å². The number of aliphatic imine (C=N–C) groups is 1. The van der Waals surface area contributed by atoms with E-state index in [1.807, 2.05) is 6.07 Å². The Bertz CT molecular complexity index is 1710. The van der Waals surface area contributed by atoms with Crippen molar-refractivity contribution in [1.29, 1.82) is 0 Å². The number of para-hydroxylation sites is 1. The Morgan fingerprint density at radius 1 is 1.09 bits per heavy atom. The first-order valence-corrected chi connectivity index (χ1v) is 15.2. The molecule has 0 saturated carbocycles. The first kappa shape index (κ1) is 30.9. The zero-order valence-corrected chi connectivity index (χ0v) is 26.2. The second-order valence-electron chi connectivity index (χ2n) is 11.1. The van der Waals surface area contributed by atoms with Crippen molar-refractivity contribution in [3.63, 3.8) is 0 Å². The van der Waals surface area contributed by atoms with Gasteiger partial charge in [-0.1, -0.05) is 41.4 Å². The van der Waals surface area contributed by atoms with Gasteiger partial charge in [-0.3, -0.25) is 9.79 Å². The van der Waals surface area contributed by atoms with Gasteiger partial charge >= 0.3 is 5.97 Å². The fraction of sp³-hybridized carbons (Fsp3) is 0.303. The molecule has 2 saturated heterocycles. The van der Waals surface area contributed by atoms with Crippen LogP contribution >= 0.6 is 23.2 Å². The number of fused-ring (bicyclic) bond motifs is 3. The summed E-state index contributed by atoms with van der Waals surface area (Å²) in [5.74, 6) is -1.17. The van der Waals surface area contributed by atoms with Crippen molar-refractivity contribution < 1.29 is 28.2 Å². The van der Waals surface area contributed by atoms with Gasteiger partial charge in [0.2, 0.25) is 0 Å². The number of halogens is 3. The van der Waals surface area contributed by atoms with Crippen LogP contribution in [0.4, 0.5) is 10.1 Å². The van der Waals surface area contributed by atoms with Crippen LogP contribution in [0.25, 0.3) is 16.7 Å². The van der Waals surface area contributed by atoms with E-state index in [0.29, 0.717) is 46.9 Å². The summed E-state index contributed by atoms with van der Waals surface area (Å²) in [4.78, 5) is 34.0. The van der Waals surface area contributed by atoms with Crippen molar-refractivity contribution in [2.24, 2.45) is 10.7 Å². The van der Waals surface area contributed by atoms with Gasteiger partial charge in [0.05, 0.1) is 65.8 Å². The van der Waals surface area contributed by atoms with Gasteiger partial charge in [0.15, 0.2) is 6.73 Å². The minimum absolute atomic E-state index is 0.0800. The third-order valence-electron chi connectivity index (χ3n) is 8.45. The number of hydrogen-bond acceptors (Lipinski definition) is 8. The zero-order valence-electron chi connectivity index (χ0n) is 24.7. The summed E-state index contributed by atoms with van der Waals surface area (Å²) in [5.41, 5.74) is 9.29. The number of morpholine rings is 1. The maximum Gasteiger partial charge on any atom is 0.340 e. The summed E-state index contributed by atoms with van der Waals surface area (Å²) in [6.45, 7) is 1.13. The summed E-state index contributed by atoms with van der Waals surface area (Å²) in [6.07, 6.45) is 4.78. The highest BCUT2D eigenvalue weighted by Crippen LogP contribution is 2.43. The van der Waals surface area contributed by atoms with Crippen LogP contribution in [0, 0.1) is 5.82 Å². The van der Waals surface area contributed by atoms with Crippen molar-refractivity contribution in [2.75, 3.05) is 39.0 Å². The van der Waals surface area contributed by atoms with Gasteiger partial charge in [-0.2, -0.15) is 0 Å². The minimum Gasteiger partial charge on any atom is -0.472 e. The molecule has 2 N–H and O–H groups in total. The van der Waals surface area contributed by atoms with Gasteiger partial charge in [-0.15, -0.1) is 0 Å². The highest BCUT2D eigenvalue weighted by Gasteiger charge is 2.40. The van der Waals surface area contributed by atoms with E-state index in [9.17, 15) is 9.59 Å². The smallest absolute Gasteiger partial charge is 0.340 e. The van der Waals surface area contributed by atoms with E-state index in [1.165, 1.54) is 24.3 Å². The molecule has 2 atom stereocenters. The maximum absolute atomic E-state index is 15.8. The molecule has 2 fully saturated rings. The molecule has 3 aliphatic rings. The predicted octanol–water partition coefficient (Wildman–Crippen LogP) is 5.95.